The summed E-state index contributed by atoms with van der Waals surface area (Å²) in [6, 6.07) is 0.328. The van der Waals surface area contributed by atoms with Gasteiger partial charge in [-0.25, -0.2) is 10.1 Å². The highest BCUT2D eigenvalue weighted by Crippen LogP contribution is 2.33. The fraction of sp³-hybridized carbons (Fsp3) is 0.875. The van der Waals surface area contributed by atoms with E-state index < -0.39 is 11.8 Å². The third-order valence-corrected chi connectivity index (χ3v) is 6.55. The van der Waals surface area contributed by atoms with Crippen molar-refractivity contribution in [3.8, 4) is 0 Å². The van der Waals surface area contributed by atoms with Gasteiger partial charge in [0.1, 0.15) is 5.78 Å². The van der Waals surface area contributed by atoms with Crippen molar-refractivity contribution in [2.45, 2.75) is 75.1 Å². The molecule has 2 aliphatic heterocycles. The number of Topliss-reactive ketones (excluding diaryl/α,β-unsaturated/α-hetero) is 1. The van der Waals surface area contributed by atoms with Crippen molar-refractivity contribution in [1.82, 2.24) is 10.6 Å². The van der Waals surface area contributed by atoms with E-state index in [2.05, 4.69) is 15.5 Å². The second kappa shape index (κ2) is 9.18. The highest BCUT2D eigenvalue weighted by molar-refractivity contribution is 8.00. The first-order chi connectivity index (χ1) is 11.9. The lowest BCUT2D eigenvalue weighted by Gasteiger charge is -2.29. The number of urea groups is 1. The van der Waals surface area contributed by atoms with Gasteiger partial charge in [0, 0.05) is 17.4 Å². The molecule has 0 saturated carbocycles. The van der Waals surface area contributed by atoms with E-state index in [1.54, 1.807) is 0 Å². The van der Waals surface area contributed by atoms with Crippen LogP contribution in [0.3, 0.4) is 0 Å². The lowest BCUT2D eigenvalue weighted by Crippen LogP contribution is -2.59. The van der Waals surface area contributed by atoms with Crippen molar-refractivity contribution in [2.75, 3.05) is 5.75 Å². The van der Waals surface area contributed by atoms with E-state index in [1.165, 1.54) is 0 Å². The summed E-state index contributed by atoms with van der Waals surface area (Å²) in [6.45, 7) is 2.01. The van der Waals surface area contributed by atoms with Gasteiger partial charge < -0.3 is 10.6 Å². The molecule has 2 fully saturated rings. The minimum Gasteiger partial charge on any atom is -0.332 e. The Bertz CT molecular complexity index is 477. The van der Waals surface area contributed by atoms with Gasteiger partial charge >= 0.3 is 6.03 Å². The quantitative estimate of drug-likeness (QED) is 0.120. The normalized spacial score (nSPS) is 26.9. The summed E-state index contributed by atoms with van der Waals surface area (Å²) in [5, 5.41) is 15.2. The van der Waals surface area contributed by atoms with Crippen LogP contribution < -0.4 is 22.1 Å². The summed E-state index contributed by atoms with van der Waals surface area (Å²) in [5.41, 5.74) is 11.4. The molecule has 2 heterocycles. The van der Waals surface area contributed by atoms with Crippen molar-refractivity contribution in [2.24, 2.45) is 17.4 Å². The molecule has 0 aromatic rings. The second-order valence-corrected chi connectivity index (χ2v) is 8.25. The summed E-state index contributed by atoms with van der Waals surface area (Å²) in [5.74, 6) is -1.68. The molecule has 0 spiro atoms. The van der Waals surface area contributed by atoms with Crippen LogP contribution in [-0.4, -0.2) is 46.0 Å². The minimum absolute atomic E-state index is 0.0692. The number of thioether (sulfide) groups is 1. The Morgan fingerprint density at radius 2 is 2.16 bits per heavy atom. The summed E-state index contributed by atoms with van der Waals surface area (Å²) in [6.07, 6.45) is 5.15. The topological polar surface area (TPSA) is 140 Å². The van der Waals surface area contributed by atoms with Crippen molar-refractivity contribution in [1.29, 1.82) is 0 Å². The van der Waals surface area contributed by atoms with E-state index in [4.69, 9.17) is 16.7 Å². The number of fused-ring (bicyclic) bond motifs is 1. The zero-order valence-corrected chi connectivity index (χ0v) is 15.5. The Kier molecular flexibility index (Phi) is 7.51. The number of carbonyl (C=O) groups is 2. The van der Waals surface area contributed by atoms with E-state index in [9.17, 15) is 9.59 Å². The van der Waals surface area contributed by atoms with Gasteiger partial charge in [-0.3, -0.25) is 16.3 Å². The van der Waals surface area contributed by atoms with Gasteiger partial charge in [-0.1, -0.05) is 26.2 Å². The SMILES string of the molecule is CCCCC(C(=O)CCCC[C@@H]1SC[C@@H]2NC(=O)N[C@@H]21)C(N)(N)OO. The Labute approximate surface area is 152 Å². The third kappa shape index (κ3) is 5.30. The molecule has 0 aromatic carbocycles. The van der Waals surface area contributed by atoms with Crippen molar-refractivity contribution >= 4 is 23.6 Å². The van der Waals surface area contributed by atoms with Crippen molar-refractivity contribution in [3.63, 3.8) is 0 Å². The molecule has 25 heavy (non-hydrogen) atoms. The first kappa shape index (κ1) is 20.4. The molecule has 0 bridgehead atoms. The Balaban J connectivity index is 1.74. The molecular weight excluding hydrogens is 344 g/mol. The molecule has 2 amide bonds. The lowest BCUT2D eigenvalue weighted by molar-refractivity contribution is -0.332. The first-order valence-electron chi connectivity index (χ1n) is 9.00. The molecule has 2 rings (SSSR count). The summed E-state index contributed by atoms with van der Waals surface area (Å²) >= 11 is 1.87. The highest BCUT2D eigenvalue weighted by atomic mass is 32.2. The number of rotatable bonds is 11. The first-order valence-corrected chi connectivity index (χ1v) is 10.1. The predicted molar refractivity (Wildman–Crippen MR) is 96.8 cm³/mol. The largest absolute Gasteiger partial charge is 0.332 e. The van der Waals surface area contributed by atoms with Crippen LogP contribution in [0.2, 0.25) is 0 Å². The number of ketones is 1. The van der Waals surface area contributed by atoms with Gasteiger partial charge in [0.15, 0.2) is 0 Å². The number of hydrogen-bond acceptors (Lipinski definition) is 7. The number of unbranched alkanes of at least 4 members (excludes halogenated alkanes) is 2. The number of carbonyl (C=O) groups excluding carboxylic acids is 2. The summed E-state index contributed by atoms with van der Waals surface area (Å²) in [7, 11) is 0. The molecule has 0 aliphatic carbocycles. The van der Waals surface area contributed by atoms with Gasteiger partial charge in [0.25, 0.3) is 0 Å². The predicted octanol–water partition coefficient (Wildman–Crippen LogP) is 1.15. The van der Waals surface area contributed by atoms with E-state index in [0.717, 1.165) is 37.9 Å². The molecule has 4 atom stereocenters. The molecule has 8 nitrogen and oxygen atoms in total. The lowest BCUT2D eigenvalue weighted by atomic mass is 9.89. The van der Waals surface area contributed by atoms with Crippen LogP contribution in [0.1, 0.15) is 51.9 Å². The van der Waals surface area contributed by atoms with Crippen LogP contribution in [0.15, 0.2) is 0 Å². The zero-order chi connectivity index (χ0) is 18.4. The fourth-order valence-corrected chi connectivity index (χ4v) is 5.12. The number of nitrogens with one attached hydrogen (secondary N) is 2. The van der Waals surface area contributed by atoms with Gasteiger partial charge in [-0.15, -0.1) is 0 Å². The molecule has 9 heteroatoms. The van der Waals surface area contributed by atoms with Crippen molar-refractivity contribution < 1.29 is 19.7 Å². The number of nitrogens with two attached hydrogens (primary N) is 2. The number of amides is 2. The van der Waals surface area contributed by atoms with E-state index in [-0.39, 0.29) is 23.9 Å². The van der Waals surface area contributed by atoms with Crippen LogP contribution in [0.25, 0.3) is 0 Å². The maximum atomic E-state index is 12.5. The molecule has 0 aromatic heterocycles. The maximum Gasteiger partial charge on any atom is 0.315 e. The van der Waals surface area contributed by atoms with Crippen LogP contribution in [0.4, 0.5) is 4.79 Å². The average molecular weight is 375 g/mol. The van der Waals surface area contributed by atoms with Crippen LogP contribution in [0, 0.1) is 5.92 Å². The molecular formula is C16H30N4O4S. The van der Waals surface area contributed by atoms with Crippen LogP contribution in [-0.2, 0) is 9.68 Å². The Morgan fingerprint density at radius 3 is 2.84 bits per heavy atom. The van der Waals surface area contributed by atoms with Crippen LogP contribution >= 0.6 is 11.8 Å². The Morgan fingerprint density at radius 1 is 1.40 bits per heavy atom. The summed E-state index contributed by atoms with van der Waals surface area (Å²) < 4.78 is 0. The number of hydrogen-bond donors (Lipinski definition) is 5. The van der Waals surface area contributed by atoms with Gasteiger partial charge in [-0.05, 0) is 19.3 Å². The van der Waals surface area contributed by atoms with Crippen LogP contribution in [0.5, 0.6) is 0 Å². The molecule has 144 valence electrons. The Hall–Kier alpha value is -0.870. The summed E-state index contributed by atoms with van der Waals surface area (Å²) in [4.78, 5) is 28.0. The van der Waals surface area contributed by atoms with E-state index in [1.807, 2.05) is 18.7 Å². The molecule has 2 saturated heterocycles. The smallest absolute Gasteiger partial charge is 0.315 e. The highest BCUT2D eigenvalue weighted by Gasteiger charge is 2.42. The standard InChI is InChI=1S/C16H30N4O4S/c1-2-3-6-10(16(17,18)24-23)12(21)7-4-5-8-13-14-11(9-25-13)19-15(22)20-14/h10-11,13-14,23H,2-9,17-18H2,1H3,(H2,19,20,22)/t10?,11-,13-,14-/m0/s1. The van der Waals surface area contributed by atoms with Crippen molar-refractivity contribution in [3.05, 3.63) is 0 Å². The monoisotopic (exact) mass is 374 g/mol. The van der Waals surface area contributed by atoms with Gasteiger partial charge in [0.2, 0.25) is 5.85 Å². The fourth-order valence-electron chi connectivity index (χ4n) is 3.57. The van der Waals surface area contributed by atoms with E-state index in [0.29, 0.717) is 18.1 Å². The molecule has 0 radical (unpaired) electrons. The third-order valence-electron chi connectivity index (χ3n) is 5.04. The molecule has 1 unspecified atom stereocenters. The average Bonchev–Trinajstić information content (AvgIpc) is 3.11. The second-order valence-electron chi connectivity index (χ2n) is 6.97. The van der Waals surface area contributed by atoms with Gasteiger partial charge in [-0.2, -0.15) is 16.6 Å². The van der Waals surface area contributed by atoms with Gasteiger partial charge in [0.05, 0.1) is 18.0 Å². The van der Waals surface area contributed by atoms with E-state index >= 15 is 0 Å². The molecule has 2 aliphatic rings. The maximum absolute atomic E-state index is 12.5. The zero-order valence-electron chi connectivity index (χ0n) is 14.7. The minimum atomic E-state index is -1.83. The molecule has 7 N–H and O–H groups in total.